The van der Waals surface area contributed by atoms with Gasteiger partial charge in [-0.3, -0.25) is 0 Å². The Bertz CT molecular complexity index is 173. The van der Waals surface area contributed by atoms with E-state index in [1.165, 1.54) is 0 Å². The van der Waals surface area contributed by atoms with E-state index in [0.29, 0.717) is 12.5 Å². The van der Waals surface area contributed by atoms with Gasteiger partial charge in [0.05, 0.1) is 0 Å². The zero-order valence-electron chi connectivity index (χ0n) is 7.79. The summed E-state index contributed by atoms with van der Waals surface area (Å²) in [5.74, 6) is 0. The van der Waals surface area contributed by atoms with Gasteiger partial charge in [-0.05, 0) is 13.3 Å². The molecule has 4 heteroatoms. The topological polar surface area (TPSA) is 0 Å². The van der Waals surface area contributed by atoms with Crippen LogP contribution in [0.15, 0.2) is 12.7 Å². The molecule has 0 saturated carbocycles. The van der Waals surface area contributed by atoms with Crippen LogP contribution in [0.1, 0.15) is 26.7 Å². The molecule has 0 nitrogen and oxygen atoms in total. The lowest BCUT2D eigenvalue weighted by Crippen LogP contribution is -2.41. The quantitative estimate of drug-likeness (QED) is 0.475. The highest BCUT2D eigenvalue weighted by Crippen LogP contribution is 2.44. The summed E-state index contributed by atoms with van der Waals surface area (Å²) < 4.78 is 50.3. The second-order valence-electron chi connectivity index (χ2n) is 3.24. The number of halogens is 4. The van der Waals surface area contributed by atoms with Gasteiger partial charge in [0.2, 0.25) is 0 Å². The minimum Gasteiger partial charge on any atom is -0.246 e. The Morgan fingerprint density at radius 2 is 1.85 bits per heavy atom. The Balaban J connectivity index is 4.72. The highest BCUT2D eigenvalue weighted by atomic mass is 19.4. The Hall–Kier alpha value is -0.540. The standard InChI is InChI=1S/C9H14F4/c1-4-6-7(10)8(3,5-2)9(11,12)13/h5,7H,2,4,6H2,1,3H3. The van der Waals surface area contributed by atoms with E-state index in [9.17, 15) is 17.6 Å². The maximum atomic E-state index is 13.2. The van der Waals surface area contributed by atoms with Crippen LogP contribution in [0.3, 0.4) is 0 Å². The van der Waals surface area contributed by atoms with Gasteiger partial charge in [-0.15, -0.1) is 6.58 Å². The van der Waals surface area contributed by atoms with Crippen molar-refractivity contribution in [3.8, 4) is 0 Å². The molecule has 13 heavy (non-hydrogen) atoms. The number of hydrogen-bond donors (Lipinski definition) is 0. The predicted octanol–water partition coefficient (Wildman–Crippen LogP) is 3.88. The average molecular weight is 198 g/mol. The summed E-state index contributed by atoms with van der Waals surface area (Å²) in [4.78, 5) is 0. The first kappa shape index (κ1) is 12.5. The molecule has 0 aliphatic carbocycles. The molecule has 0 spiro atoms. The van der Waals surface area contributed by atoms with Crippen LogP contribution in [0.4, 0.5) is 17.6 Å². The highest BCUT2D eigenvalue weighted by molar-refractivity contribution is 5.01. The van der Waals surface area contributed by atoms with E-state index in [1.54, 1.807) is 6.92 Å². The molecule has 2 unspecified atom stereocenters. The van der Waals surface area contributed by atoms with Gasteiger partial charge >= 0.3 is 6.18 Å². The summed E-state index contributed by atoms with van der Waals surface area (Å²) in [5.41, 5.74) is -2.41. The number of rotatable bonds is 4. The third kappa shape index (κ3) is 2.45. The maximum Gasteiger partial charge on any atom is 0.400 e. The molecule has 0 aromatic heterocycles. The van der Waals surface area contributed by atoms with Gasteiger partial charge in [0.25, 0.3) is 0 Å². The van der Waals surface area contributed by atoms with Crippen molar-refractivity contribution in [1.29, 1.82) is 0 Å². The Morgan fingerprint density at radius 1 is 1.38 bits per heavy atom. The Morgan fingerprint density at radius 3 is 2.08 bits per heavy atom. The smallest absolute Gasteiger partial charge is 0.246 e. The summed E-state index contributed by atoms with van der Waals surface area (Å²) in [5, 5.41) is 0. The molecule has 0 rings (SSSR count). The lowest BCUT2D eigenvalue weighted by molar-refractivity contribution is -0.219. The zero-order chi connectivity index (χ0) is 10.7. The second-order valence-corrected chi connectivity index (χ2v) is 3.24. The van der Waals surface area contributed by atoms with E-state index in [1.807, 2.05) is 0 Å². The molecule has 0 saturated heterocycles. The first-order valence-corrected chi connectivity index (χ1v) is 4.14. The van der Waals surface area contributed by atoms with Crippen molar-refractivity contribution >= 4 is 0 Å². The third-order valence-corrected chi connectivity index (χ3v) is 2.23. The monoisotopic (exact) mass is 198 g/mol. The van der Waals surface area contributed by atoms with Gasteiger partial charge in [0, 0.05) is 0 Å². The number of allylic oxidation sites excluding steroid dienone is 1. The van der Waals surface area contributed by atoms with Gasteiger partial charge in [0.1, 0.15) is 11.6 Å². The number of alkyl halides is 4. The summed E-state index contributed by atoms with van der Waals surface area (Å²) >= 11 is 0. The van der Waals surface area contributed by atoms with Gasteiger partial charge in [-0.1, -0.05) is 19.4 Å². The van der Waals surface area contributed by atoms with Crippen molar-refractivity contribution in [2.45, 2.75) is 39.0 Å². The van der Waals surface area contributed by atoms with Crippen LogP contribution in [0, 0.1) is 5.41 Å². The Kier molecular flexibility index (Phi) is 3.94. The molecule has 0 amide bonds. The zero-order valence-corrected chi connectivity index (χ0v) is 7.79. The molecule has 0 aromatic rings. The minimum absolute atomic E-state index is 0.0952. The summed E-state index contributed by atoms with van der Waals surface area (Å²) in [6.07, 6.45) is -5.53. The van der Waals surface area contributed by atoms with Crippen LogP contribution in [-0.4, -0.2) is 12.3 Å². The fourth-order valence-corrected chi connectivity index (χ4v) is 0.974. The molecule has 0 N–H and O–H groups in total. The van der Waals surface area contributed by atoms with Crippen LogP contribution in [0.5, 0.6) is 0 Å². The predicted molar refractivity (Wildman–Crippen MR) is 44.2 cm³/mol. The van der Waals surface area contributed by atoms with E-state index >= 15 is 0 Å². The van der Waals surface area contributed by atoms with Gasteiger partial charge in [0.15, 0.2) is 0 Å². The van der Waals surface area contributed by atoms with E-state index < -0.39 is 17.8 Å². The van der Waals surface area contributed by atoms with Crippen molar-refractivity contribution in [2.24, 2.45) is 5.41 Å². The van der Waals surface area contributed by atoms with Crippen LogP contribution in [-0.2, 0) is 0 Å². The molecular formula is C9H14F4. The molecule has 78 valence electrons. The fourth-order valence-electron chi connectivity index (χ4n) is 0.974. The Labute approximate surface area is 75.6 Å². The van der Waals surface area contributed by atoms with Gasteiger partial charge < -0.3 is 0 Å². The SMILES string of the molecule is C=CC(C)(C(F)CCC)C(F)(F)F. The van der Waals surface area contributed by atoms with Crippen LogP contribution in [0.2, 0.25) is 0 Å². The van der Waals surface area contributed by atoms with Crippen molar-refractivity contribution in [1.82, 2.24) is 0 Å². The van der Waals surface area contributed by atoms with Crippen LogP contribution >= 0.6 is 0 Å². The highest BCUT2D eigenvalue weighted by Gasteiger charge is 2.54. The molecule has 0 bridgehead atoms. The first-order chi connectivity index (χ1) is 5.79. The van der Waals surface area contributed by atoms with E-state index in [-0.39, 0.29) is 6.42 Å². The van der Waals surface area contributed by atoms with E-state index in [4.69, 9.17) is 0 Å². The molecule has 0 aliphatic rings. The lowest BCUT2D eigenvalue weighted by Gasteiger charge is -2.31. The first-order valence-electron chi connectivity index (χ1n) is 4.14. The molecule has 0 radical (unpaired) electrons. The van der Waals surface area contributed by atoms with Gasteiger partial charge in [-0.2, -0.15) is 13.2 Å². The van der Waals surface area contributed by atoms with Crippen molar-refractivity contribution < 1.29 is 17.6 Å². The maximum absolute atomic E-state index is 13.2. The summed E-state index contributed by atoms with van der Waals surface area (Å²) in [6.45, 7) is 5.52. The van der Waals surface area contributed by atoms with Crippen LogP contribution in [0.25, 0.3) is 0 Å². The normalized spacial score (nSPS) is 19.2. The summed E-state index contributed by atoms with van der Waals surface area (Å²) in [6, 6.07) is 0. The van der Waals surface area contributed by atoms with Crippen molar-refractivity contribution in [3.63, 3.8) is 0 Å². The molecule has 0 aliphatic heterocycles. The fraction of sp³-hybridized carbons (Fsp3) is 0.778. The van der Waals surface area contributed by atoms with Crippen molar-refractivity contribution in [2.75, 3.05) is 0 Å². The van der Waals surface area contributed by atoms with Gasteiger partial charge in [-0.25, -0.2) is 4.39 Å². The second kappa shape index (κ2) is 4.11. The number of hydrogen-bond acceptors (Lipinski definition) is 0. The molecular weight excluding hydrogens is 184 g/mol. The third-order valence-electron chi connectivity index (χ3n) is 2.23. The summed E-state index contributed by atoms with van der Waals surface area (Å²) in [7, 11) is 0. The minimum atomic E-state index is -4.57. The molecule has 0 fully saturated rings. The molecule has 2 atom stereocenters. The van der Waals surface area contributed by atoms with E-state index in [0.717, 1.165) is 6.92 Å². The average Bonchev–Trinajstić information content (AvgIpc) is 2.01. The van der Waals surface area contributed by atoms with Crippen LogP contribution < -0.4 is 0 Å². The van der Waals surface area contributed by atoms with E-state index in [2.05, 4.69) is 6.58 Å². The lowest BCUT2D eigenvalue weighted by atomic mass is 9.82. The largest absolute Gasteiger partial charge is 0.400 e. The molecule has 0 aromatic carbocycles. The van der Waals surface area contributed by atoms with Crippen molar-refractivity contribution in [3.05, 3.63) is 12.7 Å². The molecule has 0 heterocycles.